The van der Waals surface area contributed by atoms with Crippen molar-refractivity contribution in [3.05, 3.63) is 22.4 Å². The fraction of sp³-hybridized carbons (Fsp3) is 0.571. The second-order valence-corrected chi connectivity index (χ2v) is 6.08. The number of hydrogen-bond donors (Lipinski definition) is 3. The van der Waals surface area contributed by atoms with E-state index in [4.69, 9.17) is 5.11 Å². The SMILES string of the molecule is CCC1(C(=O)NC(CC(=O)O)c2cccs2)CCCN1. The Labute approximate surface area is 122 Å². The fourth-order valence-electron chi connectivity index (χ4n) is 2.65. The molecule has 110 valence electrons. The zero-order valence-electron chi connectivity index (χ0n) is 11.5. The van der Waals surface area contributed by atoms with Crippen LogP contribution in [0.5, 0.6) is 0 Å². The summed E-state index contributed by atoms with van der Waals surface area (Å²) in [6.07, 6.45) is 2.40. The third-order valence-electron chi connectivity index (χ3n) is 3.85. The molecule has 1 fully saturated rings. The van der Waals surface area contributed by atoms with Gasteiger partial charge >= 0.3 is 5.97 Å². The Morgan fingerprint density at radius 2 is 2.40 bits per heavy atom. The molecule has 0 spiro atoms. The normalized spacial score (nSPS) is 23.4. The van der Waals surface area contributed by atoms with Gasteiger partial charge in [-0.25, -0.2) is 0 Å². The molecule has 5 nitrogen and oxygen atoms in total. The minimum atomic E-state index is -0.909. The first-order valence-electron chi connectivity index (χ1n) is 6.88. The van der Waals surface area contributed by atoms with Crippen LogP contribution in [0.25, 0.3) is 0 Å². The predicted molar refractivity (Wildman–Crippen MR) is 77.7 cm³/mol. The first kappa shape index (κ1) is 15.0. The Morgan fingerprint density at radius 1 is 1.60 bits per heavy atom. The van der Waals surface area contributed by atoms with Gasteiger partial charge in [-0.2, -0.15) is 0 Å². The van der Waals surface area contributed by atoms with Crippen LogP contribution in [0.2, 0.25) is 0 Å². The van der Waals surface area contributed by atoms with Crippen molar-refractivity contribution in [2.75, 3.05) is 6.54 Å². The number of hydrogen-bond acceptors (Lipinski definition) is 4. The molecule has 2 unspecified atom stereocenters. The highest BCUT2D eigenvalue weighted by Gasteiger charge is 2.40. The molecule has 2 atom stereocenters. The third kappa shape index (κ3) is 3.19. The number of nitrogens with one attached hydrogen (secondary N) is 2. The van der Waals surface area contributed by atoms with Crippen LogP contribution >= 0.6 is 11.3 Å². The van der Waals surface area contributed by atoms with Gasteiger partial charge in [0, 0.05) is 4.88 Å². The van der Waals surface area contributed by atoms with Crippen molar-refractivity contribution < 1.29 is 14.7 Å². The largest absolute Gasteiger partial charge is 0.481 e. The molecule has 0 radical (unpaired) electrons. The van der Waals surface area contributed by atoms with E-state index in [-0.39, 0.29) is 12.3 Å². The van der Waals surface area contributed by atoms with Gasteiger partial charge in [0.25, 0.3) is 0 Å². The second-order valence-electron chi connectivity index (χ2n) is 5.11. The number of rotatable bonds is 6. The molecule has 6 heteroatoms. The van der Waals surface area contributed by atoms with Crippen LogP contribution in [-0.2, 0) is 9.59 Å². The van der Waals surface area contributed by atoms with Crippen LogP contribution in [0.3, 0.4) is 0 Å². The van der Waals surface area contributed by atoms with Crippen LogP contribution in [0.1, 0.15) is 43.5 Å². The van der Waals surface area contributed by atoms with Crippen LogP contribution in [0.4, 0.5) is 0 Å². The monoisotopic (exact) mass is 296 g/mol. The summed E-state index contributed by atoms with van der Waals surface area (Å²) < 4.78 is 0. The zero-order valence-corrected chi connectivity index (χ0v) is 12.3. The van der Waals surface area contributed by atoms with E-state index in [0.29, 0.717) is 6.42 Å². The molecule has 0 saturated carbocycles. The van der Waals surface area contributed by atoms with Gasteiger partial charge in [0.15, 0.2) is 0 Å². The lowest BCUT2D eigenvalue weighted by atomic mass is 9.92. The van der Waals surface area contributed by atoms with Gasteiger partial charge in [-0.1, -0.05) is 13.0 Å². The summed E-state index contributed by atoms with van der Waals surface area (Å²) in [6, 6.07) is 3.27. The van der Waals surface area contributed by atoms with Crippen molar-refractivity contribution in [2.24, 2.45) is 0 Å². The van der Waals surface area contributed by atoms with Gasteiger partial charge in [0.1, 0.15) is 0 Å². The molecule has 0 bridgehead atoms. The van der Waals surface area contributed by atoms with Crippen molar-refractivity contribution in [1.29, 1.82) is 0 Å². The first-order chi connectivity index (χ1) is 9.57. The van der Waals surface area contributed by atoms with Crippen molar-refractivity contribution in [1.82, 2.24) is 10.6 Å². The summed E-state index contributed by atoms with van der Waals surface area (Å²) in [5.74, 6) is -0.995. The molecule has 3 N–H and O–H groups in total. The van der Waals surface area contributed by atoms with Gasteiger partial charge in [-0.3, -0.25) is 9.59 Å². The Morgan fingerprint density at radius 3 is 2.90 bits per heavy atom. The maximum atomic E-state index is 12.5. The minimum absolute atomic E-state index is 0.0860. The van der Waals surface area contributed by atoms with E-state index in [1.54, 1.807) is 0 Å². The molecule has 1 aromatic rings. The van der Waals surface area contributed by atoms with E-state index in [0.717, 1.165) is 24.3 Å². The van der Waals surface area contributed by atoms with E-state index in [1.165, 1.54) is 11.3 Å². The average molecular weight is 296 g/mol. The third-order valence-corrected chi connectivity index (χ3v) is 4.84. The highest BCUT2D eigenvalue weighted by Crippen LogP contribution is 2.27. The summed E-state index contributed by atoms with van der Waals surface area (Å²) in [5, 5.41) is 17.1. The van der Waals surface area contributed by atoms with E-state index < -0.39 is 17.6 Å². The van der Waals surface area contributed by atoms with E-state index in [1.807, 2.05) is 24.4 Å². The maximum absolute atomic E-state index is 12.5. The molecule has 0 aliphatic carbocycles. The maximum Gasteiger partial charge on any atom is 0.305 e. The lowest BCUT2D eigenvalue weighted by Crippen LogP contribution is -2.53. The van der Waals surface area contributed by atoms with Crippen LogP contribution in [0, 0.1) is 0 Å². The van der Waals surface area contributed by atoms with Gasteiger partial charge in [0.2, 0.25) is 5.91 Å². The van der Waals surface area contributed by atoms with Gasteiger partial charge in [-0.15, -0.1) is 11.3 Å². The molecular formula is C14H20N2O3S. The van der Waals surface area contributed by atoms with Gasteiger partial charge < -0.3 is 15.7 Å². The predicted octanol–water partition coefficient (Wildman–Crippen LogP) is 1.91. The van der Waals surface area contributed by atoms with Gasteiger partial charge in [0.05, 0.1) is 18.0 Å². The Hall–Kier alpha value is -1.40. The number of carboxylic acids is 1. The quantitative estimate of drug-likeness (QED) is 0.749. The molecule has 0 aromatic carbocycles. The van der Waals surface area contributed by atoms with Gasteiger partial charge in [-0.05, 0) is 37.3 Å². The molecule has 1 aliphatic heterocycles. The summed E-state index contributed by atoms with van der Waals surface area (Å²) in [5.41, 5.74) is -0.534. The Balaban J connectivity index is 2.11. The number of carbonyl (C=O) groups excluding carboxylic acids is 1. The second kappa shape index (κ2) is 6.37. The van der Waals surface area contributed by atoms with Crippen LogP contribution in [-0.4, -0.2) is 29.1 Å². The minimum Gasteiger partial charge on any atom is -0.481 e. The van der Waals surface area contributed by atoms with E-state index in [2.05, 4.69) is 10.6 Å². The first-order valence-corrected chi connectivity index (χ1v) is 7.76. The Bertz CT molecular complexity index is 467. The topological polar surface area (TPSA) is 78.4 Å². The number of aliphatic carboxylic acids is 1. The highest BCUT2D eigenvalue weighted by atomic mass is 32.1. The van der Waals surface area contributed by atoms with Crippen LogP contribution < -0.4 is 10.6 Å². The summed E-state index contributed by atoms with van der Waals surface area (Å²) >= 11 is 1.47. The van der Waals surface area contributed by atoms with Crippen molar-refractivity contribution in [2.45, 2.75) is 44.2 Å². The molecule has 1 saturated heterocycles. The number of amides is 1. The fourth-order valence-corrected chi connectivity index (χ4v) is 3.42. The summed E-state index contributed by atoms with van der Waals surface area (Å²) in [7, 11) is 0. The molecule has 1 aromatic heterocycles. The van der Waals surface area contributed by atoms with E-state index >= 15 is 0 Å². The standard InChI is InChI=1S/C14H20N2O3S/c1-2-14(6-4-7-15-14)13(19)16-10(9-12(17)18)11-5-3-8-20-11/h3,5,8,10,15H,2,4,6-7,9H2,1H3,(H,16,19)(H,17,18). The smallest absolute Gasteiger partial charge is 0.305 e. The van der Waals surface area contributed by atoms with Crippen molar-refractivity contribution >= 4 is 23.2 Å². The molecule has 20 heavy (non-hydrogen) atoms. The number of carbonyl (C=O) groups is 2. The molecular weight excluding hydrogens is 276 g/mol. The highest BCUT2D eigenvalue weighted by molar-refractivity contribution is 7.10. The van der Waals surface area contributed by atoms with Crippen molar-refractivity contribution in [3.63, 3.8) is 0 Å². The molecule has 1 amide bonds. The number of thiophene rings is 1. The summed E-state index contributed by atoms with van der Waals surface area (Å²) in [6.45, 7) is 2.82. The molecule has 2 heterocycles. The number of carboxylic acid groups (broad SMARTS) is 1. The molecule has 1 aliphatic rings. The lowest BCUT2D eigenvalue weighted by molar-refractivity contribution is -0.138. The van der Waals surface area contributed by atoms with Crippen molar-refractivity contribution in [3.8, 4) is 0 Å². The average Bonchev–Trinajstić information content (AvgIpc) is 3.09. The van der Waals surface area contributed by atoms with E-state index in [9.17, 15) is 9.59 Å². The Kier molecular flexibility index (Phi) is 4.77. The summed E-state index contributed by atoms with van der Waals surface area (Å²) in [4.78, 5) is 24.4. The lowest BCUT2D eigenvalue weighted by Gasteiger charge is -2.29. The zero-order chi connectivity index (χ0) is 14.6. The molecule has 2 rings (SSSR count). The van der Waals surface area contributed by atoms with Crippen LogP contribution in [0.15, 0.2) is 17.5 Å².